The second-order valence-corrected chi connectivity index (χ2v) is 11.0. The molecular formula is C40H30N2. The van der Waals surface area contributed by atoms with E-state index in [4.69, 9.17) is 0 Å². The van der Waals surface area contributed by atoms with E-state index >= 15 is 0 Å². The second kappa shape index (κ2) is 10.2. The summed E-state index contributed by atoms with van der Waals surface area (Å²) >= 11 is 0. The van der Waals surface area contributed by atoms with E-state index in [0.29, 0.717) is 0 Å². The molecule has 200 valence electrons. The van der Waals surface area contributed by atoms with Gasteiger partial charge in [-0.3, -0.25) is 0 Å². The highest BCUT2D eigenvalue weighted by Gasteiger charge is 2.31. The number of hydrogen-bond donors (Lipinski definition) is 0. The Kier molecular flexibility index (Phi) is 5.97. The van der Waals surface area contributed by atoms with Gasteiger partial charge in [0.2, 0.25) is 0 Å². The van der Waals surface area contributed by atoms with Crippen LogP contribution in [0.1, 0.15) is 22.3 Å². The topological polar surface area (TPSA) is 6.48 Å². The van der Waals surface area contributed by atoms with Crippen LogP contribution in [-0.2, 0) is 12.8 Å². The van der Waals surface area contributed by atoms with E-state index in [1.165, 1.54) is 67.5 Å². The molecule has 0 heterocycles. The Morgan fingerprint density at radius 2 is 0.619 bits per heavy atom. The lowest BCUT2D eigenvalue weighted by Gasteiger charge is -2.26. The van der Waals surface area contributed by atoms with Gasteiger partial charge in [-0.25, -0.2) is 0 Å². The number of anilines is 6. The molecule has 2 aliphatic rings. The molecule has 0 spiro atoms. The lowest BCUT2D eigenvalue weighted by Crippen LogP contribution is -2.10. The first-order valence-corrected chi connectivity index (χ1v) is 14.6. The van der Waals surface area contributed by atoms with Crippen molar-refractivity contribution in [2.24, 2.45) is 0 Å². The van der Waals surface area contributed by atoms with Gasteiger partial charge in [0.1, 0.15) is 0 Å². The molecule has 6 aromatic rings. The number of hydrogen-bond acceptors (Lipinski definition) is 2. The van der Waals surface area contributed by atoms with Gasteiger partial charge in [0, 0.05) is 34.1 Å². The zero-order chi connectivity index (χ0) is 27.9. The Balaban J connectivity index is 1.13. The molecule has 0 unspecified atom stereocenters. The van der Waals surface area contributed by atoms with Crippen molar-refractivity contribution >= 4 is 45.3 Å². The van der Waals surface area contributed by atoms with Crippen molar-refractivity contribution in [2.75, 3.05) is 9.80 Å². The van der Waals surface area contributed by atoms with Crippen LogP contribution in [0.4, 0.5) is 34.1 Å². The first-order chi connectivity index (χ1) is 20.8. The largest absolute Gasteiger partial charge is 0.310 e. The monoisotopic (exact) mass is 538 g/mol. The first kappa shape index (κ1) is 24.5. The highest BCUT2D eigenvalue weighted by Crippen LogP contribution is 2.49. The third-order valence-corrected chi connectivity index (χ3v) is 8.50. The minimum Gasteiger partial charge on any atom is -0.310 e. The van der Waals surface area contributed by atoms with Gasteiger partial charge in [-0.15, -0.1) is 0 Å². The predicted molar refractivity (Wildman–Crippen MR) is 176 cm³/mol. The highest BCUT2D eigenvalue weighted by atomic mass is 15.1. The minimum absolute atomic E-state index is 0.976. The highest BCUT2D eigenvalue weighted by molar-refractivity contribution is 6.03. The van der Waals surface area contributed by atoms with Crippen LogP contribution in [0.15, 0.2) is 158 Å². The zero-order valence-electron chi connectivity index (χ0n) is 23.3. The quantitative estimate of drug-likeness (QED) is 0.208. The Labute approximate surface area is 247 Å². The van der Waals surface area contributed by atoms with E-state index in [9.17, 15) is 0 Å². The number of para-hydroxylation sites is 4. The van der Waals surface area contributed by atoms with Crippen molar-refractivity contribution in [3.63, 3.8) is 0 Å². The standard InChI is InChI=1S/C40H30N2/c1-5-13-31(14-6-1)41(32-15-7-2-8-16-32)35-21-23-37-29(25-35)27-39-38-24-22-36(26-30(38)28-40(37)39)42(33-17-9-3-10-18-33)34-19-11-4-12-20-34/h1-26H,27-28H2. The zero-order valence-corrected chi connectivity index (χ0v) is 23.3. The van der Waals surface area contributed by atoms with Crippen LogP contribution in [0.3, 0.4) is 0 Å². The van der Waals surface area contributed by atoms with Gasteiger partial charge in [0.25, 0.3) is 0 Å². The lowest BCUT2D eigenvalue weighted by molar-refractivity contribution is 1.21. The maximum atomic E-state index is 2.40. The average molecular weight is 539 g/mol. The van der Waals surface area contributed by atoms with Gasteiger partial charge in [-0.1, -0.05) is 84.9 Å². The predicted octanol–water partition coefficient (Wildman–Crippen LogP) is 10.6. The van der Waals surface area contributed by atoms with Crippen molar-refractivity contribution < 1.29 is 0 Å². The smallest absolute Gasteiger partial charge is 0.0464 e. The van der Waals surface area contributed by atoms with Crippen LogP contribution in [0, 0.1) is 0 Å². The van der Waals surface area contributed by atoms with E-state index < -0.39 is 0 Å². The fourth-order valence-corrected chi connectivity index (χ4v) is 6.63. The molecule has 8 rings (SSSR count). The van der Waals surface area contributed by atoms with Gasteiger partial charge in [0.15, 0.2) is 0 Å². The summed E-state index contributed by atoms with van der Waals surface area (Å²) in [5, 5.41) is 0. The van der Waals surface area contributed by atoms with E-state index in [2.05, 4.69) is 168 Å². The lowest BCUT2D eigenvalue weighted by atomic mass is 9.97. The van der Waals surface area contributed by atoms with E-state index in [1.807, 2.05) is 0 Å². The fourth-order valence-electron chi connectivity index (χ4n) is 6.63. The SMILES string of the molecule is c1ccc(N(c2ccccc2)c2ccc3c(c2)CC2=C3Cc3cc(N(c4ccccc4)c4ccccc4)ccc32)cc1. The van der Waals surface area contributed by atoms with Crippen molar-refractivity contribution in [1.82, 2.24) is 0 Å². The molecule has 0 fully saturated rings. The summed E-state index contributed by atoms with van der Waals surface area (Å²) in [4.78, 5) is 4.71. The van der Waals surface area contributed by atoms with Gasteiger partial charge < -0.3 is 9.80 Å². The molecule has 2 aliphatic carbocycles. The molecule has 2 nitrogen and oxygen atoms in total. The molecular weight excluding hydrogens is 508 g/mol. The minimum atomic E-state index is 0.976. The van der Waals surface area contributed by atoms with Crippen LogP contribution in [0.5, 0.6) is 0 Å². The number of benzene rings is 6. The van der Waals surface area contributed by atoms with Crippen molar-refractivity contribution in [3.8, 4) is 0 Å². The summed E-state index contributed by atoms with van der Waals surface area (Å²) in [5.41, 5.74) is 15.7. The molecule has 2 heteroatoms. The third-order valence-electron chi connectivity index (χ3n) is 8.50. The molecule has 0 bridgehead atoms. The fraction of sp³-hybridized carbons (Fsp3) is 0.0500. The molecule has 6 aromatic carbocycles. The maximum absolute atomic E-state index is 2.40. The Morgan fingerprint density at radius 1 is 0.310 bits per heavy atom. The summed E-state index contributed by atoms with van der Waals surface area (Å²) in [6.07, 6.45) is 1.95. The molecule has 0 radical (unpaired) electrons. The van der Waals surface area contributed by atoms with Gasteiger partial charge in [0.05, 0.1) is 0 Å². The summed E-state index contributed by atoms with van der Waals surface area (Å²) in [6, 6.07) is 56.7. The van der Waals surface area contributed by atoms with Gasteiger partial charge in [-0.2, -0.15) is 0 Å². The van der Waals surface area contributed by atoms with Crippen LogP contribution < -0.4 is 9.80 Å². The van der Waals surface area contributed by atoms with Crippen LogP contribution in [-0.4, -0.2) is 0 Å². The van der Waals surface area contributed by atoms with Crippen molar-refractivity contribution in [3.05, 3.63) is 180 Å². The number of rotatable bonds is 6. The molecule has 0 N–H and O–H groups in total. The summed E-state index contributed by atoms with van der Waals surface area (Å²) in [5.74, 6) is 0. The maximum Gasteiger partial charge on any atom is 0.0464 e. The normalized spacial score (nSPS) is 13.0. The molecule has 0 amide bonds. The first-order valence-electron chi connectivity index (χ1n) is 14.6. The Hall–Kier alpha value is -5.34. The molecule has 42 heavy (non-hydrogen) atoms. The summed E-state index contributed by atoms with van der Waals surface area (Å²) in [7, 11) is 0. The van der Waals surface area contributed by atoms with Crippen LogP contribution >= 0.6 is 0 Å². The van der Waals surface area contributed by atoms with Crippen LogP contribution in [0.25, 0.3) is 11.1 Å². The average Bonchev–Trinajstić information content (AvgIpc) is 3.59. The van der Waals surface area contributed by atoms with Gasteiger partial charge in [-0.05, 0) is 119 Å². The van der Waals surface area contributed by atoms with Gasteiger partial charge >= 0.3 is 0 Å². The van der Waals surface area contributed by atoms with Crippen molar-refractivity contribution in [2.45, 2.75) is 12.8 Å². The Bertz CT molecular complexity index is 1690. The third kappa shape index (κ3) is 4.20. The second-order valence-electron chi connectivity index (χ2n) is 11.0. The molecule has 0 atom stereocenters. The number of fused-ring (bicyclic) bond motifs is 4. The van der Waals surface area contributed by atoms with Crippen molar-refractivity contribution in [1.29, 1.82) is 0 Å². The molecule has 0 saturated carbocycles. The molecule has 0 aliphatic heterocycles. The summed E-state index contributed by atoms with van der Waals surface area (Å²) in [6.45, 7) is 0. The number of allylic oxidation sites excluding steroid dienone is 2. The van der Waals surface area contributed by atoms with E-state index in [0.717, 1.165) is 12.8 Å². The van der Waals surface area contributed by atoms with Crippen LogP contribution in [0.2, 0.25) is 0 Å². The number of nitrogens with zero attached hydrogens (tertiary/aromatic N) is 2. The summed E-state index contributed by atoms with van der Waals surface area (Å²) < 4.78 is 0. The Morgan fingerprint density at radius 3 is 0.929 bits per heavy atom. The molecule has 0 saturated heterocycles. The van der Waals surface area contributed by atoms with E-state index in [-0.39, 0.29) is 0 Å². The molecule has 0 aromatic heterocycles. The van der Waals surface area contributed by atoms with E-state index in [1.54, 1.807) is 0 Å².